The molecule has 9 aromatic carbocycles. The summed E-state index contributed by atoms with van der Waals surface area (Å²) in [5.74, 6) is 0. The highest BCUT2D eigenvalue weighted by atomic mass is 32.1. The molecule has 0 saturated carbocycles. The van der Waals surface area contributed by atoms with Crippen LogP contribution in [0.3, 0.4) is 0 Å². The number of hydrogen-bond acceptors (Lipinski definition) is 2. The molecular formula is C56H47B8NS. The van der Waals surface area contributed by atoms with Gasteiger partial charge in [0, 0.05) is 37.2 Å². The minimum absolute atomic E-state index is 1.09. The van der Waals surface area contributed by atoms with Gasteiger partial charge in [-0.2, -0.15) is 0 Å². The molecule has 0 radical (unpaired) electrons. The molecule has 10 heteroatoms. The summed E-state index contributed by atoms with van der Waals surface area (Å²) < 4.78 is 2.66. The van der Waals surface area contributed by atoms with Crippen molar-refractivity contribution in [2.75, 3.05) is 4.90 Å². The summed E-state index contributed by atoms with van der Waals surface area (Å²) in [6, 6.07) is 56.6. The molecule has 0 N–H and O–H groups in total. The van der Waals surface area contributed by atoms with E-state index < -0.39 is 0 Å². The third kappa shape index (κ3) is 6.87. The molecule has 0 spiro atoms. The quantitative estimate of drug-likeness (QED) is 0.223. The fourth-order valence-corrected chi connectivity index (χ4v) is 12.3. The molecule has 0 atom stereocenters. The second-order valence-electron chi connectivity index (χ2n) is 18.6. The highest BCUT2D eigenvalue weighted by Gasteiger charge is 2.28. The van der Waals surface area contributed by atoms with Gasteiger partial charge in [0.1, 0.15) is 62.8 Å². The van der Waals surface area contributed by atoms with E-state index in [0.29, 0.717) is 0 Å². The molecule has 1 aliphatic carbocycles. The predicted octanol–water partition coefficient (Wildman–Crippen LogP) is 2.37. The van der Waals surface area contributed by atoms with Crippen LogP contribution in [0.2, 0.25) is 0 Å². The first-order valence-electron chi connectivity index (χ1n) is 23.5. The van der Waals surface area contributed by atoms with Crippen LogP contribution in [0.4, 0.5) is 17.1 Å². The Bertz CT molecular complexity index is 3590. The Morgan fingerprint density at radius 2 is 0.970 bits per heavy atom. The van der Waals surface area contributed by atoms with Crippen molar-refractivity contribution in [1.29, 1.82) is 0 Å². The van der Waals surface area contributed by atoms with E-state index in [9.17, 15) is 0 Å². The zero-order chi connectivity index (χ0) is 45.4. The van der Waals surface area contributed by atoms with Gasteiger partial charge in [-0.25, -0.2) is 0 Å². The maximum atomic E-state index is 2.62. The Labute approximate surface area is 400 Å². The van der Waals surface area contributed by atoms with Crippen LogP contribution in [-0.4, -0.2) is 62.8 Å². The van der Waals surface area contributed by atoms with Crippen LogP contribution >= 0.6 is 11.3 Å². The van der Waals surface area contributed by atoms with Crippen molar-refractivity contribution in [2.24, 2.45) is 0 Å². The summed E-state index contributed by atoms with van der Waals surface area (Å²) in [6.45, 7) is 0. The largest absolute Gasteiger partial charge is 0.313 e. The third-order valence-electron chi connectivity index (χ3n) is 15.0. The standard InChI is InChI=1S/C56H47B8NS/c57-47-45(33-24-22-32(23-25-33)38-19-8-12-30-10-1-3-16-37(30)38)48(58)52(62)55(51(47)61)65(36-15-7-14-34(28-36)35-26-27-44-42(29-35)40-18-5-6-21-43(40)66-44)56-53(63)49(59)46(50(60)54(56)64)41-20-9-13-31-11-2-4-17-39(31)41/h1,3-10,12-29H,2,11,57-64H2. The van der Waals surface area contributed by atoms with E-state index in [0.717, 1.165) is 18.5 Å². The van der Waals surface area contributed by atoms with Crippen LogP contribution in [0.15, 0.2) is 158 Å². The maximum absolute atomic E-state index is 2.62. The number of thiophene rings is 1. The second-order valence-corrected chi connectivity index (χ2v) is 19.6. The normalized spacial score (nSPS) is 12.2. The summed E-state index contributed by atoms with van der Waals surface area (Å²) in [6.07, 6.45) is 6.90. The van der Waals surface area contributed by atoms with Crippen LogP contribution < -0.4 is 48.6 Å². The van der Waals surface area contributed by atoms with Crippen molar-refractivity contribution in [1.82, 2.24) is 0 Å². The SMILES string of the molecule is Bc1c(B)c(N(c2cccc(-c3ccc4sc5ccccc5c4c3)c2)c2c(B)c(B)c(-c3cccc4c3C=CCC4)c(B)c2B)c(B)c(B)c1-c1ccc(-c2cccc3ccccc23)cc1. The van der Waals surface area contributed by atoms with Gasteiger partial charge in [-0.1, -0.05) is 177 Å². The van der Waals surface area contributed by atoms with Gasteiger partial charge < -0.3 is 4.90 Å². The van der Waals surface area contributed by atoms with E-state index in [1.165, 1.54) is 142 Å². The second kappa shape index (κ2) is 16.7. The van der Waals surface area contributed by atoms with E-state index in [4.69, 9.17) is 0 Å². The van der Waals surface area contributed by atoms with Crippen LogP contribution in [0, 0.1) is 0 Å². The number of anilines is 3. The molecule has 0 bridgehead atoms. The van der Waals surface area contributed by atoms with Crippen LogP contribution in [0.5, 0.6) is 0 Å². The molecule has 306 valence electrons. The fraction of sp³-hybridized carbons (Fsp3) is 0.0357. The van der Waals surface area contributed by atoms with E-state index in [2.05, 4.69) is 231 Å². The van der Waals surface area contributed by atoms with Crippen molar-refractivity contribution < 1.29 is 0 Å². The molecule has 10 aromatic rings. The first-order chi connectivity index (χ1) is 32.1. The lowest BCUT2D eigenvalue weighted by atomic mass is 9.62. The first kappa shape index (κ1) is 42.2. The molecule has 0 amide bonds. The lowest BCUT2D eigenvalue weighted by Gasteiger charge is -2.37. The van der Waals surface area contributed by atoms with Crippen molar-refractivity contribution >= 4 is 172 Å². The van der Waals surface area contributed by atoms with Crippen molar-refractivity contribution in [2.45, 2.75) is 12.8 Å². The van der Waals surface area contributed by atoms with Gasteiger partial charge in [0.2, 0.25) is 0 Å². The summed E-state index contributed by atoms with van der Waals surface area (Å²) in [7, 11) is 18.8. The van der Waals surface area contributed by atoms with Gasteiger partial charge >= 0.3 is 0 Å². The number of allylic oxidation sites excluding steroid dienone is 1. The zero-order valence-electron chi connectivity index (χ0n) is 39.4. The lowest BCUT2D eigenvalue weighted by Crippen LogP contribution is -2.50. The van der Waals surface area contributed by atoms with E-state index in [1.807, 2.05) is 11.3 Å². The predicted molar refractivity (Wildman–Crippen MR) is 316 cm³/mol. The number of hydrogen-bond donors (Lipinski definition) is 0. The van der Waals surface area contributed by atoms with Gasteiger partial charge in [0.25, 0.3) is 0 Å². The fourth-order valence-electron chi connectivity index (χ4n) is 11.2. The average Bonchev–Trinajstić information content (AvgIpc) is 3.73. The monoisotopic (exact) mass is 853 g/mol. The van der Waals surface area contributed by atoms with Gasteiger partial charge in [0.05, 0.1) is 0 Å². The van der Waals surface area contributed by atoms with E-state index in [1.54, 1.807) is 0 Å². The maximum Gasteiger partial charge on any atom is 0.141 e. The highest BCUT2D eigenvalue weighted by Crippen LogP contribution is 2.39. The summed E-state index contributed by atoms with van der Waals surface area (Å²) in [5.41, 5.74) is 27.2. The number of rotatable bonds is 7. The summed E-state index contributed by atoms with van der Waals surface area (Å²) >= 11 is 1.87. The molecule has 0 fully saturated rings. The molecule has 1 nitrogen and oxygen atoms in total. The Balaban J connectivity index is 1.10. The number of aryl methyl sites for hydroxylation is 1. The number of benzene rings is 9. The topological polar surface area (TPSA) is 3.24 Å². The third-order valence-corrected chi connectivity index (χ3v) is 16.2. The molecule has 1 heterocycles. The smallest absolute Gasteiger partial charge is 0.141 e. The Hall–Kier alpha value is -6.48. The van der Waals surface area contributed by atoms with Crippen molar-refractivity contribution in [3.05, 3.63) is 169 Å². The van der Waals surface area contributed by atoms with Gasteiger partial charge in [-0.3, -0.25) is 0 Å². The minimum atomic E-state index is 1.09. The molecular weight excluding hydrogens is 805 g/mol. The Morgan fingerprint density at radius 1 is 0.409 bits per heavy atom. The molecule has 11 rings (SSSR count). The van der Waals surface area contributed by atoms with Gasteiger partial charge in [0.15, 0.2) is 0 Å². The molecule has 66 heavy (non-hydrogen) atoms. The first-order valence-corrected chi connectivity index (χ1v) is 24.3. The minimum Gasteiger partial charge on any atom is -0.313 e. The average molecular weight is 853 g/mol. The highest BCUT2D eigenvalue weighted by molar-refractivity contribution is 7.25. The van der Waals surface area contributed by atoms with Crippen molar-refractivity contribution in [3.63, 3.8) is 0 Å². The van der Waals surface area contributed by atoms with E-state index >= 15 is 0 Å². The van der Waals surface area contributed by atoms with Crippen LogP contribution in [0.1, 0.15) is 17.5 Å². The van der Waals surface area contributed by atoms with Gasteiger partial charge in [-0.05, 0) is 110 Å². The summed E-state index contributed by atoms with van der Waals surface area (Å²) in [4.78, 5) is 2.62. The van der Waals surface area contributed by atoms with Crippen molar-refractivity contribution in [3.8, 4) is 44.5 Å². The molecule has 1 aliphatic rings. The van der Waals surface area contributed by atoms with Gasteiger partial charge in [-0.15, -0.1) is 11.3 Å². The molecule has 0 aliphatic heterocycles. The lowest BCUT2D eigenvalue weighted by molar-refractivity contribution is 0.987. The van der Waals surface area contributed by atoms with Crippen LogP contribution in [-0.2, 0) is 6.42 Å². The molecule has 0 saturated heterocycles. The van der Waals surface area contributed by atoms with E-state index in [-0.39, 0.29) is 0 Å². The molecule has 0 unspecified atom stereocenters. The summed E-state index contributed by atoms with van der Waals surface area (Å²) in [5, 5.41) is 5.19. The van der Waals surface area contributed by atoms with Crippen LogP contribution in [0.25, 0.3) is 81.5 Å². The Kier molecular flexibility index (Phi) is 10.7. The Morgan fingerprint density at radius 3 is 1.71 bits per heavy atom. The zero-order valence-corrected chi connectivity index (χ0v) is 40.2. The number of nitrogens with zero attached hydrogens (tertiary/aromatic N) is 1. The number of fused-ring (bicyclic) bond motifs is 5. The molecule has 1 aromatic heterocycles.